The Balaban J connectivity index is 1.79. The van der Waals surface area contributed by atoms with Crippen molar-refractivity contribution in [2.45, 2.75) is 19.9 Å². The van der Waals surface area contributed by atoms with Gasteiger partial charge in [-0.2, -0.15) is 0 Å². The molecule has 1 aromatic heterocycles. The quantitative estimate of drug-likeness (QED) is 0.698. The van der Waals surface area contributed by atoms with Crippen molar-refractivity contribution in [3.63, 3.8) is 0 Å². The Kier molecular flexibility index (Phi) is 5.25. The molecule has 0 atom stereocenters. The molecule has 0 aliphatic rings. The number of benzene rings is 2. The lowest BCUT2D eigenvalue weighted by molar-refractivity contribution is 0.0600. The first-order chi connectivity index (χ1) is 13.0. The van der Waals surface area contributed by atoms with Gasteiger partial charge in [-0.05, 0) is 60.7 Å². The number of tetrazole rings is 1. The third-order valence-corrected chi connectivity index (χ3v) is 3.93. The summed E-state index contributed by atoms with van der Waals surface area (Å²) in [7, 11) is 1.32. The number of methoxy groups -OCH3 is 1. The van der Waals surface area contributed by atoms with E-state index in [2.05, 4.69) is 25.6 Å². The van der Waals surface area contributed by atoms with E-state index < -0.39 is 5.97 Å². The maximum Gasteiger partial charge on any atom is 0.337 e. The number of amides is 1. The number of hydrogen-bond donors (Lipinski definition) is 1. The Morgan fingerprint density at radius 3 is 2.48 bits per heavy atom. The fourth-order valence-corrected chi connectivity index (χ4v) is 2.54. The molecule has 2 aromatic carbocycles. The van der Waals surface area contributed by atoms with Crippen molar-refractivity contribution < 1.29 is 14.3 Å². The number of aromatic nitrogens is 4. The van der Waals surface area contributed by atoms with E-state index in [1.54, 1.807) is 47.1 Å². The molecule has 1 amide bonds. The van der Waals surface area contributed by atoms with Crippen molar-refractivity contribution >= 4 is 17.6 Å². The zero-order valence-corrected chi connectivity index (χ0v) is 15.2. The zero-order chi connectivity index (χ0) is 19.4. The van der Waals surface area contributed by atoms with E-state index in [-0.39, 0.29) is 11.9 Å². The summed E-state index contributed by atoms with van der Waals surface area (Å²) >= 11 is 0. The lowest BCUT2D eigenvalue weighted by atomic mass is 10.1. The molecule has 0 fully saturated rings. The number of esters is 1. The van der Waals surface area contributed by atoms with Gasteiger partial charge in [0.2, 0.25) is 0 Å². The Bertz CT molecular complexity index is 963. The van der Waals surface area contributed by atoms with Crippen molar-refractivity contribution in [1.82, 2.24) is 20.2 Å². The van der Waals surface area contributed by atoms with Gasteiger partial charge in [0.15, 0.2) is 5.82 Å². The highest BCUT2D eigenvalue weighted by molar-refractivity contribution is 6.05. The van der Waals surface area contributed by atoms with Crippen molar-refractivity contribution in [2.24, 2.45) is 0 Å². The number of nitrogens with one attached hydrogen (secondary N) is 1. The number of carbonyl (C=O) groups is 2. The average Bonchev–Trinajstić information content (AvgIpc) is 3.18. The fraction of sp³-hybridized carbons (Fsp3) is 0.211. The molecule has 1 heterocycles. The minimum atomic E-state index is -0.427. The topological polar surface area (TPSA) is 99.0 Å². The van der Waals surface area contributed by atoms with E-state index >= 15 is 0 Å². The molecule has 3 rings (SSSR count). The van der Waals surface area contributed by atoms with Crippen LogP contribution >= 0.6 is 0 Å². The van der Waals surface area contributed by atoms with Gasteiger partial charge in [-0.25, -0.2) is 9.48 Å². The molecule has 0 saturated heterocycles. The van der Waals surface area contributed by atoms with Crippen LogP contribution in [0.3, 0.4) is 0 Å². The minimum Gasteiger partial charge on any atom is -0.465 e. The molecule has 3 aromatic rings. The Labute approximate surface area is 156 Å². The van der Waals surface area contributed by atoms with Crippen LogP contribution in [0.4, 0.5) is 5.69 Å². The number of anilines is 1. The van der Waals surface area contributed by atoms with E-state index in [4.69, 9.17) is 0 Å². The number of carbonyl (C=O) groups excluding carboxylic acids is 2. The lowest BCUT2D eigenvalue weighted by Gasteiger charge is -2.09. The number of hydrogen-bond acceptors (Lipinski definition) is 6. The van der Waals surface area contributed by atoms with Gasteiger partial charge in [0.1, 0.15) is 0 Å². The first-order valence-electron chi connectivity index (χ1n) is 8.37. The number of ether oxygens (including phenoxy) is 1. The predicted molar refractivity (Wildman–Crippen MR) is 99.4 cm³/mol. The second kappa shape index (κ2) is 7.77. The first-order valence-corrected chi connectivity index (χ1v) is 8.37. The maximum absolute atomic E-state index is 12.6. The van der Waals surface area contributed by atoms with Crippen LogP contribution < -0.4 is 5.32 Å². The molecule has 0 aliphatic heterocycles. The second-order valence-electron chi connectivity index (χ2n) is 6.14. The molecule has 0 unspecified atom stereocenters. The van der Waals surface area contributed by atoms with Gasteiger partial charge in [0.05, 0.1) is 18.7 Å². The van der Waals surface area contributed by atoms with Crippen LogP contribution in [0.1, 0.15) is 40.6 Å². The molecular formula is C19H19N5O3. The van der Waals surface area contributed by atoms with Crippen LogP contribution in [0.5, 0.6) is 0 Å². The van der Waals surface area contributed by atoms with Crippen molar-refractivity contribution in [2.75, 3.05) is 12.4 Å². The van der Waals surface area contributed by atoms with E-state index in [1.165, 1.54) is 7.11 Å². The molecule has 0 saturated carbocycles. The molecule has 0 aliphatic carbocycles. The van der Waals surface area contributed by atoms with Gasteiger partial charge in [0, 0.05) is 16.8 Å². The molecule has 138 valence electrons. The standard InChI is InChI=1S/C19H19N5O3/c1-12(2)24-17(21-22-23-24)14-5-4-6-15(11-14)18(25)20-16-9-7-13(8-10-16)19(26)27-3/h4-12H,1-3H3,(H,20,25). The molecule has 8 nitrogen and oxygen atoms in total. The lowest BCUT2D eigenvalue weighted by Crippen LogP contribution is -2.12. The summed E-state index contributed by atoms with van der Waals surface area (Å²) in [6.07, 6.45) is 0. The summed E-state index contributed by atoms with van der Waals surface area (Å²) in [5.41, 5.74) is 2.22. The van der Waals surface area contributed by atoms with E-state index in [1.807, 2.05) is 19.9 Å². The smallest absolute Gasteiger partial charge is 0.337 e. The summed E-state index contributed by atoms with van der Waals surface area (Å²) in [5, 5.41) is 14.6. The normalized spacial score (nSPS) is 10.7. The number of nitrogens with zero attached hydrogens (tertiary/aromatic N) is 4. The molecule has 0 spiro atoms. The van der Waals surface area contributed by atoms with Gasteiger partial charge in [-0.15, -0.1) is 5.10 Å². The Hall–Kier alpha value is -3.55. The van der Waals surface area contributed by atoms with Crippen LogP contribution in [0.15, 0.2) is 48.5 Å². The SMILES string of the molecule is COC(=O)c1ccc(NC(=O)c2cccc(-c3nnnn3C(C)C)c2)cc1. The Morgan fingerprint density at radius 2 is 1.81 bits per heavy atom. The molecule has 8 heteroatoms. The first kappa shape index (κ1) is 18.2. The molecule has 1 N–H and O–H groups in total. The predicted octanol–water partition coefficient (Wildman–Crippen LogP) is 2.96. The molecule has 27 heavy (non-hydrogen) atoms. The van der Waals surface area contributed by atoms with Crippen LogP contribution in [0, 0.1) is 0 Å². The van der Waals surface area contributed by atoms with Gasteiger partial charge < -0.3 is 10.1 Å². The summed E-state index contributed by atoms with van der Waals surface area (Å²) < 4.78 is 6.35. The van der Waals surface area contributed by atoms with E-state index in [0.717, 1.165) is 5.56 Å². The van der Waals surface area contributed by atoms with Crippen molar-refractivity contribution in [1.29, 1.82) is 0 Å². The van der Waals surface area contributed by atoms with Gasteiger partial charge in [0.25, 0.3) is 5.91 Å². The monoisotopic (exact) mass is 365 g/mol. The zero-order valence-electron chi connectivity index (χ0n) is 15.2. The highest BCUT2D eigenvalue weighted by Gasteiger charge is 2.14. The average molecular weight is 365 g/mol. The van der Waals surface area contributed by atoms with Crippen LogP contribution in [-0.2, 0) is 4.74 Å². The summed E-state index contributed by atoms with van der Waals surface area (Å²) in [5.74, 6) is -0.100. The second-order valence-corrected chi connectivity index (χ2v) is 6.14. The maximum atomic E-state index is 12.6. The summed E-state index contributed by atoms with van der Waals surface area (Å²) in [6, 6.07) is 13.7. The fourth-order valence-electron chi connectivity index (χ4n) is 2.54. The van der Waals surface area contributed by atoms with E-state index in [0.29, 0.717) is 22.6 Å². The third kappa shape index (κ3) is 4.00. The van der Waals surface area contributed by atoms with Gasteiger partial charge in [-0.1, -0.05) is 12.1 Å². The summed E-state index contributed by atoms with van der Waals surface area (Å²) in [4.78, 5) is 24.0. The number of rotatable bonds is 5. The molecule has 0 bridgehead atoms. The largest absolute Gasteiger partial charge is 0.465 e. The van der Waals surface area contributed by atoms with Crippen LogP contribution in [0.25, 0.3) is 11.4 Å². The van der Waals surface area contributed by atoms with Crippen molar-refractivity contribution in [3.8, 4) is 11.4 Å². The summed E-state index contributed by atoms with van der Waals surface area (Å²) in [6.45, 7) is 3.96. The molecule has 0 radical (unpaired) electrons. The van der Waals surface area contributed by atoms with Gasteiger partial charge in [-0.3, -0.25) is 4.79 Å². The van der Waals surface area contributed by atoms with Gasteiger partial charge >= 0.3 is 5.97 Å². The third-order valence-electron chi connectivity index (χ3n) is 3.93. The van der Waals surface area contributed by atoms with E-state index in [9.17, 15) is 9.59 Å². The van der Waals surface area contributed by atoms with Crippen LogP contribution in [-0.4, -0.2) is 39.2 Å². The minimum absolute atomic E-state index is 0.0980. The van der Waals surface area contributed by atoms with Crippen molar-refractivity contribution in [3.05, 3.63) is 59.7 Å². The Morgan fingerprint density at radius 1 is 1.07 bits per heavy atom. The molecular weight excluding hydrogens is 346 g/mol. The highest BCUT2D eigenvalue weighted by Crippen LogP contribution is 2.21. The highest BCUT2D eigenvalue weighted by atomic mass is 16.5. The van der Waals surface area contributed by atoms with Crippen LogP contribution in [0.2, 0.25) is 0 Å².